The molecular weight excluding hydrogens is 368 g/mol. The van der Waals surface area contributed by atoms with Gasteiger partial charge in [0.15, 0.2) is 0 Å². The zero-order valence-electron chi connectivity index (χ0n) is 18.9. The molecule has 0 fully saturated rings. The molecule has 0 aromatic heterocycles. The molecule has 0 heterocycles. The fourth-order valence-electron chi connectivity index (χ4n) is 3.88. The quantitative estimate of drug-likeness (QED) is 0.248. The number of hydrogen-bond acceptors (Lipinski definition) is 1. The molecular formula is C28H42S. The summed E-state index contributed by atoms with van der Waals surface area (Å²) in [4.78, 5) is 2.76. The molecule has 0 unspecified atom stereocenters. The van der Waals surface area contributed by atoms with E-state index < -0.39 is 0 Å². The molecule has 0 amide bonds. The molecule has 29 heavy (non-hydrogen) atoms. The van der Waals surface area contributed by atoms with Crippen LogP contribution in [-0.2, 0) is 12.8 Å². The average Bonchev–Trinajstić information content (AvgIpc) is 2.74. The molecule has 1 heteroatoms. The van der Waals surface area contributed by atoms with Gasteiger partial charge in [0.2, 0.25) is 0 Å². The van der Waals surface area contributed by atoms with Crippen molar-refractivity contribution in [2.45, 2.75) is 114 Å². The van der Waals surface area contributed by atoms with Gasteiger partial charge in [-0.1, -0.05) is 114 Å². The molecule has 2 aromatic carbocycles. The Labute approximate surface area is 184 Å². The zero-order valence-corrected chi connectivity index (χ0v) is 19.7. The molecule has 0 nitrogen and oxygen atoms in total. The second-order valence-electron chi connectivity index (χ2n) is 8.43. The van der Waals surface area contributed by atoms with E-state index in [1.165, 1.54) is 111 Å². The maximum absolute atomic E-state index is 2.40. The van der Waals surface area contributed by atoms with E-state index in [1.807, 2.05) is 11.8 Å². The van der Waals surface area contributed by atoms with E-state index in [0.29, 0.717) is 0 Å². The fraction of sp³-hybridized carbons (Fsp3) is 0.571. The summed E-state index contributed by atoms with van der Waals surface area (Å²) in [5, 5.41) is 0. The minimum atomic E-state index is 1.22. The highest BCUT2D eigenvalue weighted by Crippen LogP contribution is 2.29. The molecule has 2 aromatic rings. The summed E-state index contributed by atoms with van der Waals surface area (Å²) < 4.78 is 0. The number of unbranched alkanes of at least 4 members (excludes halogenated alkanes) is 10. The Morgan fingerprint density at radius 3 is 1.38 bits per heavy atom. The van der Waals surface area contributed by atoms with Crippen molar-refractivity contribution >= 4 is 11.8 Å². The highest BCUT2D eigenvalue weighted by atomic mass is 32.2. The van der Waals surface area contributed by atoms with Gasteiger partial charge in [-0.15, -0.1) is 0 Å². The van der Waals surface area contributed by atoms with Crippen LogP contribution in [-0.4, -0.2) is 0 Å². The van der Waals surface area contributed by atoms with Crippen molar-refractivity contribution in [1.82, 2.24) is 0 Å². The molecule has 0 N–H and O–H groups in total. The average molecular weight is 411 g/mol. The summed E-state index contributed by atoms with van der Waals surface area (Å²) in [6, 6.07) is 18.4. The van der Waals surface area contributed by atoms with E-state index in [2.05, 4.69) is 62.4 Å². The van der Waals surface area contributed by atoms with Gasteiger partial charge in [-0.3, -0.25) is 0 Å². The molecule has 0 bridgehead atoms. The van der Waals surface area contributed by atoms with Crippen LogP contribution >= 0.6 is 11.8 Å². The maximum atomic E-state index is 2.40. The number of aryl methyl sites for hydroxylation is 2. The summed E-state index contributed by atoms with van der Waals surface area (Å²) in [6.45, 7) is 4.57. The van der Waals surface area contributed by atoms with Gasteiger partial charge in [-0.2, -0.15) is 0 Å². The standard InChI is InChI=1S/C28H42S/c1-3-5-7-9-11-13-17-25-19-15-21-27(23-25)29-28-22-16-20-26(24-28)18-14-12-10-8-6-4-2/h15-16,19-24H,3-14,17-18H2,1-2H3. The van der Waals surface area contributed by atoms with Gasteiger partial charge >= 0.3 is 0 Å². The lowest BCUT2D eigenvalue weighted by atomic mass is 10.1. The van der Waals surface area contributed by atoms with Crippen LogP contribution in [0.1, 0.15) is 102 Å². The van der Waals surface area contributed by atoms with Crippen LogP contribution in [0.25, 0.3) is 0 Å². The number of benzene rings is 2. The first kappa shape index (κ1) is 24.1. The molecule has 2 rings (SSSR count). The van der Waals surface area contributed by atoms with Gasteiger partial charge in [0.05, 0.1) is 0 Å². The third-order valence-corrected chi connectivity index (χ3v) is 6.65. The van der Waals surface area contributed by atoms with E-state index in [1.54, 1.807) is 0 Å². The Morgan fingerprint density at radius 2 is 0.931 bits per heavy atom. The van der Waals surface area contributed by atoms with Crippen LogP contribution in [0.3, 0.4) is 0 Å². The molecule has 160 valence electrons. The molecule has 0 aliphatic rings. The number of rotatable bonds is 16. The van der Waals surface area contributed by atoms with E-state index >= 15 is 0 Å². The van der Waals surface area contributed by atoms with Gasteiger partial charge < -0.3 is 0 Å². The lowest BCUT2D eigenvalue weighted by molar-refractivity contribution is 0.607. The smallest absolute Gasteiger partial charge is 0.0125 e. The molecule has 0 aliphatic carbocycles. The Hall–Kier alpha value is -1.21. The van der Waals surface area contributed by atoms with Gasteiger partial charge in [0.1, 0.15) is 0 Å². The predicted octanol–water partition coefficient (Wildman–Crippen LogP) is 9.64. The summed E-state index contributed by atoms with van der Waals surface area (Å²) in [6.07, 6.45) is 18.9. The van der Waals surface area contributed by atoms with Crippen molar-refractivity contribution in [2.75, 3.05) is 0 Å². The van der Waals surface area contributed by atoms with E-state index in [-0.39, 0.29) is 0 Å². The van der Waals surface area contributed by atoms with Crippen LogP contribution in [0.2, 0.25) is 0 Å². The van der Waals surface area contributed by atoms with Crippen LogP contribution < -0.4 is 0 Å². The molecule has 0 radical (unpaired) electrons. The second kappa shape index (κ2) is 15.6. The van der Waals surface area contributed by atoms with Crippen molar-refractivity contribution in [3.8, 4) is 0 Å². The van der Waals surface area contributed by atoms with Crippen LogP contribution in [0.15, 0.2) is 58.3 Å². The third kappa shape index (κ3) is 10.9. The summed E-state index contributed by atoms with van der Waals surface area (Å²) in [5.41, 5.74) is 2.99. The van der Waals surface area contributed by atoms with Gasteiger partial charge in [-0.05, 0) is 61.1 Å². The van der Waals surface area contributed by atoms with Crippen molar-refractivity contribution in [1.29, 1.82) is 0 Å². The van der Waals surface area contributed by atoms with E-state index in [0.717, 1.165) is 0 Å². The third-order valence-electron chi connectivity index (χ3n) is 5.67. The maximum Gasteiger partial charge on any atom is 0.0125 e. The predicted molar refractivity (Wildman–Crippen MR) is 131 cm³/mol. The molecule has 0 saturated heterocycles. The zero-order chi connectivity index (χ0) is 20.6. The Bertz CT molecular complexity index is 603. The number of hydrogen-bond donors (Lipinski definition) is 0. The summed E-state index contributed by atoms with van der Waals surface area (Å²) in [7, 11) is 0. The highest BCUT2D eigenvalue weighted by Gasteiger charge is 2.02. The van der Waals surface area contributed by atoms with E-state index in [4.69, 9.17) is 0 Å². The first-order valence-corrected chi connectivity index (χ1v) is 13.0. The Kier molecular flexibility index (Phi) is 12.9. The minimum absolute atomic E-state index is 1.22. The second-order valence-corrected chi connectivity index (χ2v) is 9.58. The fourth-order valence-corrected chi connectivity index (χ4v) is 4.87. The SMILES string of the molecule is CCCCCCCCc1cccc(Sc2cccc(CCCCCCCC)c2)c1. The van der Waals surface area contributed by atoms with Gasteiger partial charge in [-0.25, -0.2) is 0 Å². The molecule has 0 saturated carbocycles. The molecule has 0 spiro atoms. The first-order chi connectivity index (χ1) is 14.3. The van der Waals surface area contributed by atoms with Crippen molar-refractivity contribution in [3.63, 3.8) is 0 Å². The minimum Gasteiger partial charge on any atom is -0.0901 e. The lowest BCUT2D eigenvalue weighted by Gasteiger charge is -2.08. The van der Waals surface area contributed by atoms with Crippen molar-refractivity contribution < 1.29 is 0 Å². The van der Waals surface area contributed by atoms with Gasteiger partial charge in [0, 0.05) is 9.79 Å². The van der Waals surface area contributed by atoms with Crippen molar-refractivity contribution in [3.05, 3.63) is 59.7 Å². The molecule has 0 atom stereocenters. The summed E-state index contributed by atoms with van der Waals surface area (Å²) >= 11 is 1.92. The van der Waals surface area contributed by atoms with Crippen LogP contribution in [0.5, 0.6) is 0 Å². The normalized spacial score (nSPS) is 11.1. The Morgan fingerprint density at radius 1 is 0.517 bits per heavy atom. The lowest BCUT2D eigenvalue weighted by Crippen LogP contribution is -1.88. The van der Waals surface area contributed by atoms with Crippen molar-refractivity contribution in [2.24, 2.45) is 0 Å². The highest BCUT2D eigenvalue weighted by molar-refractivity contribution is 7.99. The van der Waals surface area contributed by atoms with Crippen LogP contribution in [0.4, 0.5) is 0 Å². The monoisotopic (exact) mass is 410 g/mol. The largest absolute Gasteiger partial charge is 0.0901 e. The Balaban J connectivity index is 1.76. The van der Waals surface area contributed by atoms with Gasteiger partial charge in [0.25, 0.3) is 0 Å². The topological polar surface area (TPSA) is 0 Å². The molecule has 0 aliphatic heterocycles. The van der Waals surface area contributed by atoms with Crippen LogP contribution in [0, 0.1) is 0 Å². The van der Waals surface area contributed by atoms with E-state index in [9.17, 15) is 0 Å². The summed E-state index contributed by atoms with van der Waals surface area (Å²) in [5.74, 6) is 0. The first-order valence-electron chi connectivity index (χ1n) is 12.2.